The molecule has 0 radical (unpaired) electrons. The number of nitrogens with zero attached hydrogens (tertiary/aromatic N) is 1. The van der Waals surface area contributed by atoms with E-state index in [2.05, 4.69) is 49.1 Å². The number of hydrogen-bond donors (Lipinski definition) is 1. The van der Waals surface area contributed by atoms with Crippen molar-refractivity contribution in [1.82, 2.24) is 4.90 Å². The summed E-state index contributed by atoms with van der Waals surface area (Å²) in [7, 11) is 0. The molecule has 0 aliphatic carbocycles. The molecule has 1 saturated heterocycles. The summed E-state index contributed by atoms with van der Waals surface area (Å²) in [6, 6.07) is 10.6. The van der Waals surface area contributed by atoms with E-state index in [0.717, 1.165) is 26.1 Å². The van der Waals surface area contributed by atoms with Gasteiger partial charge in [-0.3, -0.25) is 4.90 Å². The van der Waals surface area contributed by atoms with Gasteiger partial charge in [0, 0.05) is 25.0 Å². The van der Waals surface area contributed by atoms with E-state index in [-0.39, 0.29) is 11.5 Å². The van der Waals surface area contributed by atoms with Crippen molar-refractivity contribution in [2.75, 3.05) is 19.6 Å². The third-order valence-electron chi connectivity index (χ3n) is 3.42. The molecule has 1 aliphatic rings. The van der Waals surface area contributed by atoms with Crippen LogP contribution in [0.5, 0.6) is 0 Å². The molecule has 2 rings (SSSR count). The van der Waals surface area contributed by atoms with E-state index in [0.29, 0.717) is 0 Å². The number of β-amino-alcohol motifs (C(OH)–C–C–N with tert-alkyl or cyclic N) is 1. The fourth-order valence-electron chi connectivity index (χ4n) is 2.50. The lowest BCUT2D eigenvalue weighted by molar-refractivity contribution is 0.168. The summed E-state index contributed by atoms with van der Waals surface area (Å²) in [5.41, 5.74) is 1.53. The highest BCUT2D eigenvalue weighted by Crippen LogP contribution is 2.25. The maximum absolute atomic E-state index is 9.53. The van der Waals surface area contributed by atoms with Crippen LogP contribution in [0, 0.1) is 0 Å². The molecule has 0 spiro atoms. The second kappa shape index (κ2) is 4.56. The van der Waals surface area contributed by atoms with Crippen LogP contribution >= 0.6 is 0 Å². The van der Waals surface area contributed by atoms with Gasteiger partial charge in [-0.25, -0.2) is 0 Å². The minimum absolute atomic E-state index is 0.119. The van der Waals surface area contributed by atoms with Gasteiger partial charge >= 0.3 is 0 Å². The Bertz CT molecular complexity index is 334. The summed E-state index contributed by atoms with van der Waals surface area (Å²) >= 11 is 0. The first kappa shape index (κ1) is 11.6. The van der Waals surface area contributed by atoms with Crippen LogP contribution in [0.2, 0.25) is 0 Å². The quantitative estimate of drug-likeness (QED) is 0.841. The van der Waals surface area contributed by atoms with Crippen LogP contribution in [0.15, 0.2) is 30.3 Å². The normalized spacial score (nSPS) is 22.6. The van der Waals surface area contributed by atoms with Crippen molar-refractivity contribution in [3.05, 3.63) is 35.9 Å². The molecule has 1 aromatic carbocycles. The van der Waals surface area contributed by atoms with Gasteiger partial charge in [-0.15, -0.1) is 0 Å². The van der Waals surface area contributed by atoms with Gasteiger partial charge in [-0.1, -0.05) is 44.2 Å². The molecule has 0 saturated carbocycles. The Labute approximate surface area is 97.9 Å². The van der Waals surface area contributed by atoms with E-state index in [1.807, 2.05) is 0 Å². The summed E-state index contributed by atoms with van der Waals surface area (Å²) in [4.78, 5) is 2.36. The fourth-order valence-corrected chi connectivity index (χ4v) is 2.50. The highest BCUT2D eigenvalue weighted by Gasteiger charge is 2.28. The van der Waals surface area contributed by atoms with E-state index >= 15 is 0 Å². The lowest BCUT2D eigenvalue weighted by Crippen LogP contribution is -2.36. The zero-order valence-corrected chi connectivity index (χ0v) is 10.2. The molecule has 2 heteroatoms. The number of aliphatic hydroxyl groups is 1. The number of hydrogen-bond acceptors (Lipinski definition) is 2. The van der Waals surface area contributed by atoms with Gasteiger partial charge in [0.05, 0.1) is 6.10 Å². The lowest BCUT2D eigenvalue weighted by Gasteiger charge is -2.30. The first-order valence-corrected chi connectivity index (χ1v) is 6.04. The predicted molar refractivity (Wildman–Crippen MR) is 66.5 cm³/mol. The van der Waals surface area contributed by atoms with E-state index < -0.39 is 0 Å². The largest absolute Gasteiger partial charge is 0.392 e. The Balaban J connectivity index is 2.03. The molecule has 1 atom stereocenters. The standard InChI is InChI=1S/C14H21NO/c1-14(2,12-6-4-3-5-7-12)11-15-9-8-13(16)10-15/h3-7,13,16H,8-11H2,1-2H3/t13-/m0/s1. The Morgan fingerprint density at radius 3 is 2.56 bits per heavy atom. The number of likely N-dealkylation sites (tertiary alicyclic amines) is 1. The fraction of sp³-hybridized carbons (Fsp3) is 0.571. The molecule has 1 aliphatic heterocycles. The lowest BCUT2D eigenvalue weighted by atomic mass is 9.84. The topological polar surface area (TPSA) is 23.5 Å². The Morgan fingerprint density at radius 1 is 1.31 bits per heavy atom. The van der Waals surface area contributed by atoms with Gasteiger partial charge in [0.1, 0.15) is 0 Å². The van der Waals surface area contributed by atoms with Crippen molar-refractivity contribution < 1.29 is 5.11 Å². The zero-order valence-electron chi connectivity index (χ0n) is 10.2. The molecule has 0 unspecified atom stereocenters. The van der Waals surface area contributed by atoms with E-state index in [9.17, 15) is 5.11 Å². The molecule has 1 heterocycles. The van der Waals surface area contributed by atoms with Crippen molar-refractivity contribution in [2.45, 2.75) is 31.8 Å². The minimum atomic E-state index is -0.119. The first-order valence-electron chi connectivity index (χ1n) is 6.04. The molecule has 0 aromatic heterocycles. The van der Waals surface area contributed by atoms with Crippen LogP contribution in [0.25, 0.3) is 0 Å². The number of aliphatic hydroxyl groups excluding tert-OH is 1. The summed E-state index contributed by atoms with van der Waals surface area (Å²) in [6.45, 7) is 7.42. The van der Waals surface area contributed by atoms with Crippen LogP contribution < -0.4 is 0 Å². The molecular weight excluding hydrogens is 198 g/mol. The predicted octanol–water partition coefficient (Wildman–Crippen LogP) is 2.03. The highest BCUT2D eigenvalue weighted by molar-refractivity contribution is 5.24. The molecule has 88 valence electrons. The SMILES string of the molecule is CC(C)(CN1CC[C@H](O)C1)c1ccccc1. The number of rotatable bonds is 3. The third-order valence-corrected chi connectivity index (χ3v) is 3.42. The van der Waals surface area contributed by atoms with Crippen LogP contribution in [0.4, 0.5) is 0 Å². The maximum atomic E-state index is 9.53. The van der Waals surface area contributed by atoms with Crippen molar-refractivity contribution in [1.29, 1.82) is 0 Å². The van der Waals surface area contributed by atoms with Crippen molar-refractivity contribution in [3.63, 3.8) is 0 Å². The molecule has 1 aromatic rings. The van der Waals surface area contributed by atoms with Crippen LogP contribution in [0.1, 0.15) is 25.8 Å². The molecule has 0 bridgehead atoms. The van der Waals surface area contributed by atoms with Gasteiger partial charge in [-0.05, 0) is 12.0 Å². The first-order chi connectivity index (χ1) is 7.58. The molecular formula is C14H21NO. The van der Waals surface area contributed by atoms with Crippen molar-refractivity contribution in [2.24, 2.45) is 0 Å². The molecule has 2 nitrogen and oxygen atoms in total. The van der Waals surface area contributed by atoms with Gasteiger partial charge in [0.15, 0.2) is 0 Å². The van der Waals surface area contributed by atoms with E-state index in [1.165, 1.54) is 5.56 Å². The van der Waals surface area contributed by atoms with Crippen LogP contribution in [0.3, 0.4) is 0 Å². The third kappa shape index (κ3) is 2.63. The molecule has 1 fully saturated rings. The minimum Gasteiger partial charge on any atom is -0.392 e. The van der Waals surface area contributed by atoms with E-state index in [4.69, 9.17) is 0 Å². The average molecular weight is 219 g/mol. The zero-order chi connectivity index (χ0) is 11.6. The van der Waals surface area contributed by atoms with Gasteiger partial charge in [-0.2, -0.15) is 0 Å². The van der Waals surface area contributed by atoms with Crippen LogP contribution in [-0.2, 0) is 5.41 Å². The number of benzene rings is 1. The monoisotopic (exact) mass is 219 g/mol. The van der Waals surface area contributed by atoms with Gasteiger partial charge < -0.3 is 5.11 Å². The summed E-state index contributed by atoms with van der Waals surface area (Å²) in [6.07, 6.45) is 0.803. The van der Waals surface area contributed by atoms with Gasteiger partial charge in [0.2, 0.25) is 0 Å². The summed E-state index contributed by atoms with van der Waals surface area (Å²) in [5.74, 6) is 0. The second-order valence-electron chi connectivity index (χ2n) is 5.43. The second-order valence-corrected chi connectivity index (χ2v) is 5.43. The molecule has 0 amide bonds. The van der Waals surface area contributed by atoms with Gasteiger partial charge in [0.25, 0.3) is 0 Å². The summed E-state index contributed by atoms with van der Waals surface area (Å²) < 4.78 is 0. The van der Waals surface area contributed by atoms with Crippen LogP contribution in [-0.4, -0.2) is 35.7 Å². The Morgan fingerprint density at radius 2 is 2.00 bits per heavy atom. The Kier molecular flexibility index (Phi) is 3.31. The molecule has 16 heavy (non-hydrogen) atoms. The maximum Gasteiger partial charge on any atom is 0.0679 e. The highest BCUT2D eigenvalue weighted by atomic mass is 16.3. The van der Waals surface area contributed by atoms with Crippen molar-refractivity contribution >= 4 is 0 Å². The summed E-state index contributed by atoms with van der Waals surface area (Å²) in [5, 5.41) is 9.53. The molecule has 1 N–H and O–H groups in total. The Hall–Kier alpha value is -0.860. The average Bonchev–Trinajstić information content (AvgIpc) is 2.64. The smallest absolute Gasteiger partial charge is 0.0679 e. The van der Waals surface area contributed by atoms with Crippen molar-refractivity contribution in [3.8, 4) is 0 Å². The van der Waals surface area contributed by atoms with E-state index in [1.54, 1.807) is 0 Å².